The molecular weight excluding hydrogens is 356 g/mol. The molecule has 0 aliphatic carbocycles. The molecular formula is C21H22N4O3. The minimum atomic E-state index is -0.457. The van der Waals surface area contributed by atoms with Gasteiger partial charge < -0.3 is 20.7 Å². The Kier molecular flexibility index (Phi) is 7.61. The summed E-state index contributed by atoms with van der Waals surface area (Å²) >= 11 is 0. The Morgan fingerprint density at radius 3 is 2.50 bits per heavy atom. The van der Waals surface area contributed by atoms with Crippen molar-refractivity contribution >= 4 is 23.2 Å². The van der Waals surface area contributed by atoms with Crippen LogP contribution in [0.1, 0.15) is 12.5 Å². The van der Waals surface area contributed by atoms with Crippen LogP contribution in [0.3, 0.4) is 0 Å². The van der Waals surface area contributed by atoms with E-state index in [4.69, 9.17) is 4.74 Å². The third kappa shape index (κ3) is 6.50. The normalized spacial score (nSPS) is 10.5. The Morgan fingerprint density at radius 2 is 1.86 bits per heavy atom. The van der Waals surface area contributed by atoms with Crippen LogP contribution in [-0.2, 0) is 16.0 Å². The van der Waals surface area contributed by atoms with Crippen LogP contribution in [-0.4, -0.2) is 25.5 Å². The maximum atomic E-state index is 12.2. The molecule has 7 heteroatoms. The van der Waals surface area contributed by atoms with Crippen molar-refractivity contribution in [1.82, 2.24) is 5.32 Å². The van der Waals surface area contributed by atoms with Gasteiger partial charge in [-0.2, -0.15) is 5.26 Å². The topological polar surface area (TPSA) is 103 Å². The lowest BCUT2D eigenvalue weighted by molar-refractivity contribution is -0.117. The number of hydrogen-bond donors (Lipinski definition) is 3. The zero-order chi connectivity index (χ0) is 20.4. The number of nitriles is 1. The summed E-state index contributed by atoms with van der Waals surface area (Å²) in [6.07, 6.45) is 1.98. The third-order valence-electron chi connectivity index (χ3n) is 3.79. The van der Waals surface area contributed by atoms with E-state index in [-0.39, 0.29) is 11.5 Å². The van der Waals surface area contributed by atoms with Crippen LogP contribution >= 0.6 is 0 Å². The van der Waals surface area contributed by atoms with Crippen LogP contribution in [0.25, 0.3) is 0 Å². The predicted molar refractivity (Wildman–Crippen MR) is 108 cm³/mol. The summed E-state index contributed by atoms with van der Waals surface area (Å²) < 4.78 is 5.11. The summed E-state index contributed by atoms with van der Waals surface area (Å²) in [6, 6.07) is 16.4. The number of anilines is 2. The van der Waals surface area contributed by atoms with Crippen LogP contribution in [0.2, 0.25) is 0 Å². The second kappa shape index (κ2) is 10.4. The van der Waals surface area contributed by atoms with E-state index in [2.05, 4.69) is 16.0 Å². The molecule has 0 saturated heterocycles. The quantitative estimate of drug-likeness (QED) is 0.484. The number of carbonyl (C=O) groups is 2. The van der Waals surface area contributed by atoms with Crippen LogP contribution in [0.5, 0.6) is 5.75 Å². The molecule has 0 spiro atoms. The van der Waals surface area contributed by atoms with Gasteiger partial charge in [0.25, 0.3) is 5.91 Å². The molecule has 2 aromatic carbocycles. The smallest absolute Gasteiger partial charge is 0.263 e. The largest absolute Gasteiger partial charge is 0.497 e. The number of amides is 2. The van der Waals surface area contributed by atoms with Crippen LogP contribution in [0, 0.1) is 11.3 Å². The molecule has 0 heterocycles. The summed E-state index contributed by atoms with van der Waals surface area (Å²) in [5, 5.41) is 17.5. The van der Waals surface area contributed by atoms with Crippen molar-refractivity contribution in [2.75, 3.05) is 24.3 Å². The van der Waals surface area contributed by atoms with Crippen LogP contribution in [0.4, 0.5) is 11.4 Å². The molecule has 0 aliphatic heterocycles. The Labute approximate surface area is 164 Å². The average molecular weight is 378 g/mol. The number of methoxy groups -OCH3 is 1. The molecule has 144 valence electrons. The van der Waals surface area contributed by atoms with Crippen molar-refractivity contribution in [2.24, 2.45) is 0 Å². The SMILES string of the molecule is COc1ccc(CCNC(=O)/C(C#N)=C\Nc2cccc(NC(C)=O)c2)cc1. The number of carbonyl (C=O) groups excluding carboxylic acids is 2. The van der Waals surface area contributed by atoms with E-state index >= 15 is 0 Å². The van der Waals surface area contributed by atoms with Crippen molar-refractivity contribution in [3.8, 4) is 11.8 Å². The standard InChI is InChI=1S/C21H22N4O3/c1-15(26)25-19-5-3-4-18(12-19)24-14-17(13-22)21(27)23-11-10-16-6-8-20(28-2)9-7-16/h3-9,12,14,24H,10-11H2,1-2H3,(H,23,27)(H,25,26)/b17-14-. The fourth-order valence-corrected chi connectivity index (χ4v) is 2.40. The van der Waals surface area contributed by atoms with Gasteiger partial charge in [0.1, 0.15) is 17.4 Å². The Balaban J connectivity index is 1.89. The third-order valence-corrected chi connectivity index (χ3v) is 3.79. The minimum Gasteiger partial charge on any atom is -0.497 e. The minimum absolute atomic E-state index is 0.0420. The number of benzene rings is 2. The first-order chi connectivity index (χ1) is 13.5. The number of nitrogens with one attached hydrogen (secondary N) is 3. The second-order valence-electron chi connectivity index (χ2n) is 5.93. The molecule has 3 N–H and O–H groups in total. The van der Waals surface area contributed by atoms with Gasteiger partial charge >= 0.3 is 0 Å². The monoisotopic (exact) mass is 378 g/mol. The van der Waals surface area contributed by atoms with Gasteiger partial charge in [-0.3, -0.25) is 9.59 Å². The highest BCUT2D eigenvalue weighted by molar-refractivity contribution is 5.97. The van der Waals surface area contributed by atoms with Gasteiger partial charge in [0.15, 0.2) is 0 Å². The lowest BCUT2D eigenvalue weighted by atomic mass is 10.1. The molecule has 0 unspecified atom stereocenters. The maximum Gasteiger partial charge on any atom is 0.263 e. The number of rotatable bonds is 8. The lowest BCUT2D eigenvalue weighted by Crippen LogP contribution is -2.27. The number of nitrogens with zero attached hydrogens (tertiary/aromatic N) is 1. The molecule has 0 saturated carbocycles. The van der Waals surface area contributed by atoms with Crippen molar-refractivity contribution in [3.05, 3.63) is 65.9 Å². The first-order valence-corrected chi connectivity index (χ1v) is 8.67. The predicted octanol–water partition coefficient (Wildman–Crippen LogP) is 2.83. The van der Waals surface area contributed by atoms with Gasteiger partial charge in [0.05, 0.1) is 7.11 Å². The molecule has 2 amide bonds. The number of hydrogen-bond acceptors (Lipinski definition) is 5. The van der Waals surface area contributed by atoms with Crippen molar-refractivity contribution in [2.45, 2.75) is 13.3 Å². The van der Waals surface area contributed by atoms with E-state index in [0.29, 0.717) is 24.3 Å². The molecule has 0 aliphatic rings. The van der Waals surface area contributed by atoms with Gasteiger partial charge in [-0.15, -0.1) is 0 Å². The Hall–Kier alpha value is -3.79. The van der Waals surface area contributed by atoms with Crippen LogP contribution < -0.4 is 20.7 Å². The van der Waals surface area contributed by atoms with E-state index in [9.17, 15) is 14.9 Å². The van der Waals surface area contributed by atoms with Crippen molar-refractivity contribution in [3.63, 3.8) is 0 Å². The zero-order valence-electron chi connectivity index (χ0n) is 15.8. The first kappa shape index (κ1) is 20.5. The molecule has 0 fully saturated rings. The summed E-state index contributed by atoms with van der Waals surface area (Å²) in [5.41, 5.74) is 2.27. The van der Waals surface area contributed by atoms with Gasteiger partial charge in [0.2, 0.25) is 5.91 Å². The molecule has 0 atom stereocenters. The van der Waals surface area contributed by atoms with E-state index in [1.54, 1.807) is 31.4 Å². The molecule has 28 heavy (non-hydrogen) atoms. The van der Waals surface area contributed by atoms with Crippen molar-refractivity contribution < 1.29 is 14.3 Å². The summed E-state index contributed by atoms with van der Waals surface area (Å²) in [5.74, 6) is 0.138. The van der Waals surface area contributed by atoms with E-state index < -0.39 is 5.91 Å². The molecule has 7 nitrogen and oxygen atoms in total. The van der Waals surface area contributed by atoms with E-state index in [1.165, 1.54) is 13.1 Å². The fourth-order valence-electron chi connectivity index (χ4n) is 2.40. The molecule has 0 bridgehead atoms. The summed E-state index contributed by atoms with van der Waals surface area (Å²) in [4.78, 5) is 23.3. The molecule has 0 radical (unpaired) electrons. The highest BCUT2D eigenvalue weighted by Crippen LogP contribution is 2.15. The fraction of sp³-hybridized carbons (Fsp3) is 0.190. The molecule has 0 aromatic heterocycles. The number of ether oxygens (including phenoxy) is 1. The van der Waals surface area contributed by atoms with Crippen molar-refractivity contribution in [1.29, 1.82) is 5.26 Å². The van der Waals surface area contributed by atoms with E-state index in [0.717, 1.165) is 11.3 Å². The summed E-state index contributed by atoms with van der Waals surface area (Å²) in [6.45, 7) is 1.83. The second-order valence-corrected chi connectivity index (χ2v) is 5.93. The highest BCUT2D eigenvalue weighted by Gasteiger charge is 2.08. The molecule has 2 aromatic rings. The lowest BCUT2D eigenvalue weighted by Gasteiger charge is -2.07. The van der Waals surface area contributed by atoms with Gasteiger partial charge in [0, 0.05) is 31.0 Å². The van der Waals surface area contributed by atoms with Gasteiger partial charge in [-0.25, -0.2) is 0 Å². The van der Waals surface area contributed by atoms with Gasteiger partial charge in [-0.05, 0) is 42.3 Å². The Morgan fingerprint density at radius 1 is 1.14 bits per heavy atom. The van der Waals surface area contributed by atoms with Gasteiger partial charge in [-0.1, -0.05) is 18.2 Å². The summed E-state index contributed by atoms with van der Waals surface area (Å²) in [7, 11) is 1.61. The Bertz CT molecular complexity index is 899. The first-order valence-electron chi connectivity index (χ1n) is 8.67. The molecule has 2 rings (SSSR count). The zero-order valence-corrected chi connectivity index (χ0v) is 15.8. The average Bonchev–Trinajstić information content (AvgIpc) is 2.69. The van der Waals surface area contributed by atoms with Crippen LogP contribution in [0.15, 0.2) is 60.3 Å². The maximum absolute atomic E-state index is 12.2. The highest BCUT2D eigenvalue weighted by atomic mass is 16.5. The van der Waals surface area contributed by atoms with E-state index in [1.807, 2.05) is 30.3 Å².